The average molecular weight is 521 g/mol. The molecule has 2 aromatic heterocycles. The summed E-state index contributed by atoms with van der Waals surface area (Å²) in [6.45, 7) is 2.02. The summed E-state index contributed by atoms with van der Waals surface area (Å²) in [6, 6.07) is 1.06. The molecular formula is C25H31F3N6O3. The number of anilines is 2. The summed E-state index contributed by atoms with van der Waals surface area (Å²) in [5.41, 5.74) is 1.12. The second-order valence-corrected chi connectivity index (χ2v) is 10.1. The van der Waals surface area contributed by atoms with Crippen LogP contribution in [-0.2, 0) is 23.9 Å². The molecule has 1 saturated heterocycles. The van der Waals surface area contributed by atoms with Crippen molar-refractivity contribution >= 4 is 17.9 Å². The summed E-state index contributed by atoms with van der Waals surface area (Å²) in [5, 5.41) is 13.5. The zero-order chi connectivity index (χ0) is 26.2. The minimum atomic E-state index is -4.59. The number of likely N-dealkylation sites (tertiary alicyclic amines) is 1. The van der Waals surface area contributed by atoms with Crippen molar-refractivity contribution in [3.8, 4) is 5.88 Å². The Morgan fingerprint density at radius 1 is 1.16 bits per heavy atom. The molecule has 4 heterocycles. The minimum absolute atomic E-state index is 0.0145. The lowest BCUT2D eigenvalue weighted by atomic mass is 9.77. The van der Waals surface area contributed by atoms with E-state index in [1.807, 2.05) is 4.90 Å². The first-order valence-corrected chi connectivity index (χ1v) is 12.6. The number of aliphatic hydroxyl groups is 1. The summed E-state index contributed by atoms with van der Waals surface area (Å²) in [7, 11) is 1.17. The van der Waals surface area contributed by atoms with E-state index in [1.165, 1.54) is 19.6 Å². The van der Waals surface area contributed by atoms with Crippen molar-refractivity contribution in [2.24, 2.45) is 11.8 Å². The Balaban J connectivity index is 1.38. The van der Waals surface area contributed by atoms with Gasteiger partial charge in [-0.1, -0.05) is 0 Å². The molecule has 2 N–H and O–H groups in total. The number of hydrogen-bond donors (Lipinski definition) is 2. The molecule has 12 heteroatoms. The number of ether oxygens (including phenoxy) is 1. The van der Waals surface area contributed by atoms with Crippen molar-refractivity contribution in [3.05, 3.63) is 35.4 Å². The van der Waals surface area contributed by atoms with Crippen LogP contribution in [0, 0.1) is 11.8 Å². The number of alkyl halides is 3. The molecule has 2 aromatic rings. The van der Waals surface area contributed by atoms with Gasteiger partial charge in [0.15, 0.2) is 0 Å². The van der Waals surface area contributed by atoms with Crippen LogP contribution < -0.4 is 15.0 Å². The second-order valence-electron chi connectivity index (χ2n) is 10.1. The number of nitrogens with zero attached hydrogens (tertiary/aromatic N) is 5. The maximum Gasteiger partial charge on any atom is 0.421 e. The van der Waals surface area contributed by atoms with Gasteiger partial charge in [-0.2, -0.15) is 13.2 Å². The molecule has 0 bridgehead atoms. The molecule has 0 aromatic carbocycles. The SMILES string of the molecule is COc1ncc(N2CCc3ncnc(NC4CN(C=O)CC4C4CCC(O)CC4)c3C2)cc1C(F)(F)F. The first-order valence-electron chi connectivity index (χ1n) is 12.6. The van der Waals surface area contributed by atoms with Crippen molar-refractivity contribution in [3.63, 3.8) is 0 Å². The predicted octanol–water partition coefficient (Wildman–Crippen LogP) is 2.88. The lowest BCUT2D eigenvalue weighted by molar-refractivity contribution is -0.139. The molecule has 0 spiro atoms. The summed E-state index contributed by atoms with van der Waals surface area (Å²) < 4.78 is 45.5. The highest BCUT2D eigenvalue weighted by molar-refractivity contribution is 5.56. The number of hydrogen-bond acceptors (Lipinski definition) is 8. The smallest absolute Gasteiger partial charge is 0.421 e. The number of rotatable bonds is 6. The van der Waals surface area contributed by atoms with Crippen molar-refractivity contribution in [1.82, 2.24) is 19.9 Å². The van der Waals surface area contributed by atoms with E-state index >= 15 is 0 Å². The second kappa shape index (κ2) is 10.3. The predicted molar refractivity (Wildman–Crippen MR) is 129 cm³/mol. The van der Waals surface area contributed by atoms with Crippen molar-refractivity contribution in [2.75, 3.05) is 37.0 Å². The number of carbonyl (C=O) groups excluding carboxylic acids is 1. The molecule has 1 amide bonds. The number of carbonyl (C=O) groups is 1. The maximum atomic E-state index is 13.6. The third-order valence-corrected chi connectivity index (χ3v) is 7.91. The van der Waals surface area contributed by atoms with Crippen LogP contribution in [0.15, 0.2) is 18.6 Å². The Labute approximate surface area is 213 Å². The number of aliphatic hydroxyl groups excluding tert-OH is 1. The van der Waals surface area contributed by atoms with Gasteiger partial charge < -0.3 is 25.0 Å². The molecule has 1 saturated carbocycles. The highest BCUT2D eigenvalue weighted by Gasteiger charge is 2.40. The topological polar surface area (TPSA) is 104 Å². The van der Waals surface area contributed by atoms with Crippen LogP contribution in [0.2, 0.25) is 0 Å². The first-order chi connectivity index (χ1) is 17.8. The third-order valence-electron chi connectivity index (χ3n) is 7.91. The fourth-order valence-corrected chi connectivity index (χ4v) is 5.95. The number of methoxy groups -OCH3 is 1. The Kier molecular flexibility index (Phi) is 7.11. The summed E-state index contributed by atoms with van der Waals surface area (Å²) in [5.74, 6) is 0.807. The number of aromatic nitrogens is 3. The van der Waals surface area contributed by atoms with E-state index in [0.29, 0.717) is 50.0 Å². The van der Waals surface area contributed by atoms with Gasteiger partial charge in [0.05, 0.1) is 30.8 Å². The van der Waals surface area contributed by atoms with Crippen LogP contribution in [0.1, 0.15) is 42.5 Å². The zero-order valence-electron chi connectivity index (χ0n) is 20.6. The van der Waals surface area contributed by atoms with Crippen LogP contribution in [0.3, 0.4) is 0 Å². The highest BCUT2D eigenvalue weighted by Crippen LogP contribution is 2.39. The van der Waals surface area contributed by atoms with Crippen molar-refractivity contribution in [1.29, 1.82) is 0 Å². The van der Waals surface area contributed by atoms with Crippen LogP contribution >= 0.6 is 0 Å². The monoisotopic (exact) mass is 520 g/mol. The molecule has 2 unspecified atom stereocenters. The number of nitrogens with one attached hydrogen (secondary N) is 1. The lowest BCUT2D eigenvalue weighted by Gasteiger charge is -2.34. The van der Waals surface area contributed by atoms with Gasteiger partial charge in [0.2, 0.25) is 12.3 Å². The summed E-state index contributed by atoms with van der Waals surface area (Å²) >= 11 is 0. The normalized spacial score (nSPS) is 26.1. The Morgan fingerprint density at radius 2 is 1.95 bits per heavy atom. The molecule has 37 heavy (non-hydrogen) atoms. The van der Waals surface area contributed by atoms with E-state index in [9.17, 15) is 23.1 Å². The molecule has 200 valence electrons. The maximum absolute atomic E-state index is 13.6. The standard InChI is InChI=1S/C25H31F3N6O3/c1-37-24-20(25(26,27)28)8-16(9-29-24)34-7-6-21-19(11-34)23(31-13-30-21)32-22-12-33(14-35)10-18(22)15-2-4-17(36)5-3-15/h8-9,13-15,17-18,22,36H,2-7,10-12H2,1H3,(H,30,31,32). The van der Waals surface area contributed by atoms with Crippen molar-refractivity contribution < 1.29 is 27.8 Å². The molecule has 2 fully saturated rings. The van der Waals surface area contributed by atoms with E-state index < -0.39 is 17.6 Å². The van der Waals surface area contributed by atoms with E-state index in [1.54, 1.807) is 4.90 Å². The quantitative estimate of drug-likeness (QED) is 0.561. The van der Waals surface area contributed by atoms with Crippen LogP contribution in [-0.4, -0.2) is 70.3 Å². The Hall–Kier alpha value is -3.15. The fraction of sp³-hybridized carbons (Fsp3) is 0.600. The number of pyridine rings is 1. The Bertz CT molecular complexity index is 1130. The van der Waals surface area contributed by atoms with Crippen LogP contribution in [0.25, 0.3) is 0 Å². The summed E-state index contributed by atoms with van der Waals surface area (Å²) in [6.07, 6.45) is 2.84. The molecule has 3 aliphatic rings. The van der Waals surface area contributed by atoms with E-state index in [-0.39, 0.29) is 18.1 Å². The van der Waals surface area contributed by atoms with E-state index in [2.05, 4.69) is 20.3 Å². The molecular weight excluding hydrogens is 489 g/mol. The molecule has 2 aliphatic heterocycles. The lowest BCUT2D eigenvalue weighted by Crippen LogP contribution is -2.37. The summed E-state index contributed by atoms with van der Waals surface area (Å²) in [4.78, 5) is 28.0. The molecule has 9 nitrogen and oxygen atoms in total. The van der Waals surface area contributed by atoms with Crippen molar-refractivity contribution in [2.45, 2.75) is 57.0 Å². The molecule has 0 radical (unpaired) electrons. The van der Waals surface area contributed by atoms with Gasteiger partial charge >= 0.3 is 6.18 Å². The molecule has 2 atom stereocenters. The highest BCUT2D eigenvalue weighted by atomic mass is 19.4. The number of fused-ring (bicyclic) bond motifs is 1. The van der Waals surface area contributed by atoms with Gasteiger partial charge in [-0.15, -0.1) is 0 Å². The number of amides is 1. The average Bonchev–Trinajstić information content (AvgIpc) is 3.31. The fourth-order valence-electron chi connectivity index (χ4n) is 5.95. The van der Waals surface area contributed by atoms with Gasteiger partial charge in [-0.05, 0) is 37.7 Å². The van der Waals surface area contributed by atoms with Crippen LogP contribution in [0.5, 0.6) is 5.88 Å². The third kappa shape index (κ3) is 5.29. The molecule has 5 rings (SSSR count). The van der Waals surface area contributed by atoms with Gasteiger partial charge in [-0.25, -0.2) is 15.0 Å². The van der Waals surface area contributed by atoms with Gasteiger partial charge in [0.25, 0.3) is 0 Å². The largest absolute Gasteiger partial charge is 0.481 e. The minimum Gasteiger partial charge on any atom is -0.481 e. The van der Waals surface area contributed by atoms with Gasteiger partial charge in [0, 0.05) is 50.1 Å². The van der Waals surface area contributed by atoms with Gasteiger partial charge in [0.1, 0.15) is 17.7 Å². The first kappa shape index (κ1) is 25.5. The Morgan fingerprint density at radius 3 is 2.65 bits per heavy atom. The zero-order valence-corrected chi connectivity index (χ0v) is 20.6. The number of halogens is 3. The van der Waals surface area contributed by atoms with E-state index in [0.717, 1.165) is 49.4 Å². The van der Waals surface area contributed by atoms with Gasteiger partial charge in [-0.3, -0.25) is 4.79 Å². The van der Waals surface area contributed by atoms with E-state index in [4.69, 9.17) is 4.74 Å². The molecule has 1 aliphatic carbocycles. The van der Waals surface area contributed by atoms with Crippen LogP contribution in [0.4, 0.5) is 24.7 Å².